The van der Waals surface area contributed by atoms with Crippen LogP contribution >= 0.6 is 0 Å². The first-order valence-electron chi connectivity index (χ1n) is 4.81. The van der Waals surface area contributed by atoms with Gasteiger partial charge in [0.15, 0.2) is 0 Å². The molecule has 3 nitrogen and oxygen atoms in total. The summed E-state index contributed by atoms with van der Waals surface area (Å²) in [6.07, 6.45) is 1.90. The molecule has 0 rings (SSSR count). The van der Waals surface area contributed by atoms with Gasteiger partial charge in [-0.2, -0.15) is 0 Å². The minimum Gasteiger partial charge on any atom is -0.392 e. The van der Waals surface area contributed by atoms with Crippen LogP contribution in [0.5, 0.6) is 0 Å². The van der Waals surface area contributed by atoms with Crippen LogP contribution in [-0.2, 0) is 0 Å². The van der Waals surface area contributed by atoms with Gasteiger partial charge in [-0.3, -0.25) is 10.8 Å². The maximum atomic E-state index is 8.65. The molecule has 0 saturated heterocycles. The predicted molar refractivity (Wildman–Crippen MR) is 47.1 cm³/mol. The Labute approximate surface area is 71.4 Å². The van der Waals surface area contributed by atoms with Crippen molar-refractivity contribution in [2.75, 3.05) is 19.7 Å². The molecule has 0 aliphatic carbocycles. The molecule has 0 fully saturated rings. The number of rotatable bonds is 7. The molecule has 66 valence electrons. The fourth-order valence-corrected chi connectivity index (χ4v) is 0.500. The second kappa shape index (κ2) is 7.72. The molecule has 0 unspecified atom stereocenters. The average molecular weight is 160 g/mol. The highest BCUT2D eigenvalue weighted by atomic mass is 16.3. The van der Waals surface area contributed by atoms with Crippen LogP contribution in [0.2, 0.25) is 2.82 Å². The van der Waals surface area contributed by atoms with E-state index in [2.05, 4.69) is 6.58 Å². The van der Waals surface area contributed by atoms with Gasteiger partial charge >= 0.3 is 0 Å². The van der Waals surface area contributed by atoms with Gasteiger partial charge in [0.05, 0.1) is 6.61 Å². The SMILES string of the molecule is [2H]N(CCCC)N([2H])CC(=C)CO. The van der Waals surface area contributed by atoms with E-state index >= 15 is 0 Å². The fourth-order valence-electron chi connectivity index (χ4n) is 0.500. The van der Waals surface area contributed by atoms with Crippen LogP contribution in [0.1, 0.15) is 19.8 Å². The van der Waals surface area contributed by atoms with Gasteiger partial charge in [-0.25, -0.2) is 0 Å². The fraction of sp³-hybridized carbons (Fsp3) is 0.750. The molecule has 0 saturated carbocycles. The first-order chi connectivity index (χ1) is 6.11. The molecule has 0 bridgehead atoms. The van der Waals surface area contributed by atoms with Gasteiger partial charge in [0.25, 0.3) is 0 Å². The Kier molecular flexibility index (Phi) is 5.11. The van der Waals surface area contributed by atoms with E-state index in [-0.39, 0.29) is 13.2 Å². The highest BCUT2D eigenvalue weighted by Crippen LogP contribution is 1.83. The quantitative estimate of drug-likeness (QED) is 0.374. The van der Waals surface area contributed by atoms with Crippen LogP contribution in [0.15, 0.2) is 12.2 Å². The lowest BCUT2D eigenvalue weighted by molar-refractivity contribution is 0.325. The number of aliphatic hydroxyl groups excluding tert-OH is 1. The summed E-state index contributed by atoms with van der Waals surface area (Å²) in [7, 11) is 0. The van der Waals surface area contributed by atoms with Crippen molar-refractivity contribution in [1.82, 2.24) is 10.8 Å². The highest BCUT2D eigenvalue weighted by Gasteiger charge is 1.89. The maximum absolute atomic E-state index is 8.65. The first kappa shape index (κ1) is 7.28. The van der Waals surface area contributed by atoms with Crippen molar-refractivity contribution in [1.29, 1.82) is 0 Å². The highest BCUT2D eigenvalue weighted by molar-refractivity contribution is 4.95. The minimum atomic E-state index is -0.128. The summed E-state index contributed by atoms with van der Waals surface area (Å²) in [4.78, 5) is 0. The normalized spacial score (nSPS) is 13.5. The molecule has 3 N–H and O–H groups in total. The smallest absolute Gasteiger partial charge is 0.142 e. The van der Waals surface area contributed by atoms with Crippen LogP contribution in [-0.4, -0.2) is 24.8 Å². The van der Waals surface area contributed by atoms with E-state index in [0.29, 0.717) is 12.1 Å². The van der Waals surface area contributed by atoms with Crippen LogP contribution < -0.4 is 10.8 Å². The number of unbranched alkanes of at least 4 members (excludes halogenated alkanes) is 1. The molecule has 0 amide bonds. The second-order valence-corrected chi connectivity index (χ2v) is 2.43. The lowest BCUT2D eigenvalue weighted by atomic mass is 10.3. The molecule has 0 aliphatic heterocycles. The molecule has 0 aliphatic rings. The van der Waals surface area contributed by atoms with Gasteiger partial charge in [-0.1, -0.05) is 19.9 Å². The predicted octanol–water partition coefficient (Wildman–Crippen LogP) is 0.429. The minimum absolute atomic E-state index is 0.128. The molecule has 0 aromatic rings. The topological polar surface area (TPSA) is 44.3 Å². The van der Waals surface area contributed by atoms with Gasteiger partial charge in [-0.15, -0.1) is 0 Å². The number of hydrogen-bond donors (Lipinski definition) is 3. The van der Waals surface area contributed by atoms with Crippen LogP contribution in [0, 0.1) is 0 Å². The van der Waals surface area contributed by atoms with Crippen molar-refractivity contribution < 1.29 is 7.93 Å². The van der Waals surface area contributed by atoms with E-state index < -0.39 is 0 Å². The third kappa shape index (κ3) is 7.52. The van der Waals surface area contributed by atoms with Crippen LogP contribution in [0.4, 0.5) is 0 Å². The largest absolute Gasteiger partial charge is 0.392 e. The van der Waals surface area contributed by atoms with Gasteiger partial charge in [0, 0.05) is 13.1 Å². The van der Waals surface area contributed by atoms with Crippen molar-refractivity contribution >= 4 is 0 Å². The standard InChI is InChI=1S/C8H18N2O/c1-3-4-5-9-10-6-8(2)7-11/h9-11H,2-7H2,1H3/i/hD2. The van der Waals surface area contributed by atoms with E-state index in [0.717, 1.165) is 23.7 Å². The second-order valence-electron chi connectivity index (χ2n) is 2.43. The van der Waals surface area contributed by atoms with Gasteiger partial charge in [0.1, 0.15) is 2.82 Å². The van der Waals surface area contributed by atoms with Gasteiger partial charge in [0.2, 0.25) is 0 Å². The number of hydrazine groups is 1. The third-order valence-corrected chi connectivity index (χ3v) is 1.23. The molecule has 0 spiro atoms. The summed E-state index contributed by atoms with van der Waals surface area (Å²) >= 11 is 0. The zero-order valence-corrected chi connectivity index (χ0v) is 7.08. The third-order valence-electron chi connectivity index (χ3n) is 1.23. The summed E-state index contributed by atoms with van der Waals surface area (Å²) in [6.45, 7) is 6.22. The molecule has 0 heterocycles. The van der Waals surface area contributed by atoms with Gasteiger partial charge < -0.3 is 5.11 Å². The van der Waals surface area contributed by atoms with Crippen LogP contribution in [0.25, 0.3) is 0 Å². The molecular formula is C8H18N2O. The van der Waals surface area contributed by atoms with E-state index in [1.54, 1.807) is 0 Å². The Morgan fingerprint density at radius 2 is 2.36 bits per heavy atom. The monoisotopic (exact) mass is 160 g/mol. The summed E-state index contributed by atoms with van der Waals surface area (Å²) in [5, 5.41) is 8.65. The molecule has 11 heavy (non-hydrogen) atoms. The summed E-state index contributed by atoms with van der Waals surface area (Å²) in [5.41, 5.74) is 2.61. The summed E-state index contributed by atoms with van der Waals surface area (Å²) in [6, 6.07) is 0. The molecule has 0 aromatic carbocycles. The maximum Gasteiger partial charge on any atom is 0.142 e. The molecule has 0 aromatic heterocycles. The van der Waals surface area contributed by atoms with E-state index in [9.17, 15) is 0 Å². The van der Waals surface area contributed by atoms with Crippen molar-refractivity contribution in [2.45, 2.75) is 19.8 Å². The van der Waals surface area contributed by atoms with E-state index in [1.807, 2.05) is 6.92 Å². The van der Waals surface area contributed by atoms with Gasteiger partial charge in [-0.05, 0) is 12.0 Å². The summed E-state index contributed by atoms with van der Waals surface area (Å²) < 4.78 is 14.8. The molecular weight excluding hydrogens is 140 g/mol. The number of aliphatic hydroxyl groups is 1. The lowest BCUT2D eigenvalue weighted by Crippen LogP contribution is -2.34. The van der Waals surface area contributed by atoms with Crippen molar-refractivity contribution in [3.05, 3.63) is 12.2 Å². The molecule has 0 radical (unpaired) electrons. The Bertz CT molecular complexity index is 155. The van der Waals surface area contributed by atoms with E-state index in [4.69, 9.17) is 7.93 Å². The first-order valence-corrected chi connectivity index (χ1v) is 3.92. The summed E-state index contributed by atoms with van der Waals surface area (Å²) in [5.74, 6) is 0. The Morgan fingerprint density at radius 1 is 1.64 bits per heavy atom. The van der Waals surface area contributed by atoms with Crippen molar-refractivity contribution in [2.24, 2.45) is 0 Å². The molecule has 3 heteroatoms. The number of nitrogens with one attached hydrogen (secondary N) is 2. The zero-order valence-electron chi connectivity index (χ0n) is 9.08. The Morgan fingerprint density at radius 3 is 2.91 bits per heavy atom. The van der Waals surface area contributed by atoms with Crippen LogP contribution in [0.3, 0.4) is 0 Å². The lowest BCUT2D eigenvalue weighted by Gasteiger charge is -2.05. The number of hydrogen-bond acceptors (Lipinski definition) is 3. The molecule has 0 atom stereocenters. The van der Waals surface area contributed by atoms with E-state index in [1.165, 1.54) is 0 Å². The van der Waals surface area contributed by atoms with Crippen molar-refractivity contribution in [3.8, 4) is 0 Å². The zero-order chi connectivity index (χ0) is 10.3. The van der Waals surface area contributed by atoms with Crippen molar-refractivity contribution in [3.63, 3.8) is 0 Å². The average Bonchev–Trinajstić information content (AvgIpc) is 2.13. The Hall–Kier alpha value is -0.380. The Balaban J connectivity index is 3.68.